The summed E-state index contributed by atoms with van der Waals surface area (Å²) >= 11 is 0. The molecule has 0 saturated heterocycles. The third-order valence-electron chi connectivity index (χ3n) is 3.73. The Labute approximate surface area is 91.8 Å². The van der Waals surface area contributed by atoms with Crippen molar-refractivity contribution >= 4 is 5.97 Å². The maximum atomic E-state index is 11.4. The van der Waals surface area contributed by atoms with Gasteiger partial charge in [0.15, 0.2) is 0 Å². The van der Waals surface area contributed by atoms with Gasteiger partial charge in [-0.05, 0) is 30.6 Å². The first kappa shape index (κ1) is 12.5. The fraction of sp³-hybridized carbons (Fsp3) is 0.917. The van der Waals surface area contributed by atoms with Gasteiger partial charge < -0.3 is 9.84 Å². The monoisotopic (exact) mass is 214 g/mol. The maximum Gasteiger partial charge on any atom is 0.306 e. The lowest BCUT2D eigenvalue weighted by atomic mass is 9.78. The molecule has 0 aromatic carbocycles. The van der Waals surface area contributed by atoms with E-state index in [1.165, 1.54) is 0 Å². The first-order valence-corrected chi connectivity index (χ1v) is 5.73. The zero-order chi connectivity index (χ0) is 11.6. The van der Waals surface area contributed by atoms with Gasteiger partial charge in [-0.2, -0.15) is 0 Å². The number of carbonyl (C=O) groups excluding carboxylic acids is 1. The Morgan fingerprint density at radius 3 is 2.53 bits per heavy atom. The van der Waals surface area contributed by atoms with E-state index in [0.29, 0.717) is 13.0 Å². The van der Waals surface area contributed by atoms with Gasteiger partial charge in [-0.1, -0.05) is 20.8 Å². The highest BCUT2D eigenvalue weighted by molar-refractivity contribution is 5.69. The molecule has 0 heterocycles. The Kier molecular flexibility index (Phi) is 3.77. The third kappa shape index (κ3) is 2.51. The van der Waals surface area contributed by atoms with Crippen molar-refractivity contribution in [2.45, 2.75) is 46.6 Å². The van der Waals surface area contributed by atoms with Gasteiger partial charge in [-0.25, -0.2) is 0 Å². The van der Waals surface area contributed by atoms with Crippen LogP contribution >= 0.6 is 0 Å². The summed E-state index contributed by atoms with van der Waals surface area (Å²) in [6.07, 6.45) is 1.03. The molecule has 0 aromatic heterocycles. The van der Waals surface area contributed by atoms with E-state index < -0.39 is 0 Å². The summed E-state index contributed by atoms with van der Waals surface area (Å²) in [5.74, 6) is 0.373. The zero-order valence-corrected chi connectivity index (χ0v) is 10.1. The molecule has 0 unspecified atom stereocenters. The third-order valence-corrected chi connectivity index (χ3v) is 3.73. The quantitative estimate of drug-likeness (QED) is 0.731. The van der Waals surface area contributed by atoms with E-state index in [9.17, 15) is 9.90 Å². The minimum absolute atomic E-state index is 0.142. The minimum Gasteiger partial charge on any atom is -0.466 e. The van der Waals surface area contributed by atoms with E-state index in [2.05, 4.69) is 0 Å². The van der Waals surface area contributed by atoms with Gasteiger partial charge in [0, 0.05) is 6.42 Å². The number of ether oxygens (including phenoxy) is 1. The Morgan fingerprint density at radius 1 is 1.53 bits per heavy atom. The number of hydrogen-bond donors (Lipinski definition) is 1. The molecule has 3 atom stereocenters. The van der Waals surface area contributed by atoms with Crippen molar-refractivity contribution < 1.29 is 14.6 Å². The molecule has 3 nitrogen and oxygen atoms in total. The lowest BCUT2D eigenvalue weighted by Crippen LogP contribution is -2.32. The summed E-state index contributed by atoms with van der Waals surface area (Å²) in [5, 5.41) is 9.99. The fourth-order valence-electron chi connectivity index (χ4n) is 2.62. The molecule has 1 aliphatic rings. The molecule has 0 spiro atoms. The van der Waals surface area contributed by atoms with Crippen LogP contribution in [0, 0.1) is 17.3 Å². The van der Waals surface area contributed by atoms with Crippen LogP contribution in [0.25, 0.3) is 0 Å². The van der Waals surface area contributed by atoms with Crippen LogP contribution in [0.2, 0.25) is 0 Å². The van der Waals surface area contributed by atoms with E-state index in [-0.39, 0.29) is 29.3 Å². The van der Waals surface area contributed by atoms with Crippen LogP contribution < -0.4 is 0 Å². The van der Waals surface area contributed by atoms with Crippen LogP contribution in [-0.2, 0) is 9.53 Å². The molecule has 0 aliphatic heterocycles. The highest BCUT2D eigenvalue weighted by Gasteiger charge is 2.47. The molecule has 1 saturated carbocycles. The zero-order valence-electron chi connectivity index (χ0n) is 10.1. The molecule has 1 fully saturated rings. The first-order valence-electron chi connectivity index (χ1n) is 5.73. The second-order valence-electron chi connectivity index (χ2n) is 5.19. The van der Waals surface area contributed by atoms with Gasteiger partial charge in [-0.3, -0.25) is 4.79 Å². The van der Waals surface area contributed by atoms with Crippen molar-refractivity contribution in [3.8, 4) is 0 Å². The average molecular weight is 214 g/mol. The Morgan fingerprint density at radius 2 is 2.13 bits per heavy atom. The molecule has 1 N–H and O–H groups in total. The normalized spacial score (nSPS) is 34.1. The van der Waals surface area contributed by atoms with Gasteiger partial charge in [0.1, 0.15) is 0 Å². The minimum atomic E-state index is -0.308. The van der Waals surface area contributed by atoms with Crippen LogP contribution in [0.1, 0.15) is 40.5 Å². The van der Waals surface area contributed by atoms with Crippen molar-refractivity contribution in [1.29, 1.82) is 0 Å². The van der Waals surface area contributed by atoms with E-state index >= 15 is 0 Å². The first-order chi connectivity index (χ1) is 6.89. The average Bonchev–Trinajstić information content (AvgIpc) is 2.31. The van der Waals surface area contributed by atoms with Crippen LogP contribution in [0.5, 0.6) is 0 Å². The molecule has 1 rings (SSSR count). The molecule has 0 amide bonds. The van der Waals surface area contributed by atoms with E-state index in [1.807, 2.05) is 27.7 Å². The highest BCUT2D eigenvalue weighted by atomic mass is 16.5. The van der Waals surface area contributed by atoms with Crippen molar-refractivity contribution in [2.75, 3.05) is 6.61 Å². The Bertz CT molecular complexity index is 235. The number of rotatable bonds is 3. The Hall–Kier alpha value is -0.570. The second-order valence-corrected chi connectivity index (χ2v) is 5.19. The summed E-state index contributed by atoms with van der Waals surface area (Å²) in [5.41, 5.74) is -0.174. The standard InChI is InChI=1S/C12H22O3/c1-5-15-10(13)7-9-6-8(2)11(14)12(9,3)4/h8-9,11,14H,5-7H2,1-4H3/t8-,9-,11+/m1/s1. The van der Waals surface area contributed by atoms with Gasteiger partial charge >= 0.3 is 5.97 Å². The van der Waals surface area contributed by atoms with Crippen LogP contribution in [-0.4, -0.2) is 23.8 Å². The fourth-order valence-corrected chi connectivity index (χ4v) is 2.62. The molecular formula is C12H22O3. The van der Waals surface area contributed by atoms with E-state index in [1.54, 1.807) is 0 Å². The van der Waals surface area contributed by atoms with E-state index in [4.69, 9.17) is 4.74 Å². The van der Waals surface area contributed by atoms with Crippen LogP contribution in [0.15, 0.2) is 0 Å². The van der Waals surface area contributed by atoms with Crippen molar-refractivity contribution in [2.24, 2.45) is 17.3 Å². The molecular weight excluding hydrogens is 192 g/mol. The van der Waals surface area contributed by atoms with E-state index in [0.717, 1.165) is 6.42 Å². The van der Waals surface area contributed by atoms with Gasteiger partial charge in [0.25, 0.3) is 0 Å². The molecule has 0 aromatic rings. The largest absolute Gasteiger partial charge is 0.466 e. The van der Waals surface area contributed by atoms with Crippen molar-refractivity contribution in [3.05, 3.63) is 0 Å². The lowest BCUT2D eigenvalue weighted by molar-refractivity contribution is -0.145. The van der Waals surface area contributed by atoms with Gasteiger partial charge in [0.05, 0.1) is 12.7 Å². The van der Waals surface area contributed by atoms with Crippen LogP contribution in [0.3, 0.4) is 0 Å². The van der Waals surface area contributed by atoms with Gasteiger partial charge in [-0.15, -0.1) is 0 Å². The number of aliphatic hydroxyl groups is 1. The second kappa shape index (κ2) is 4.52. The summed E-state index contributed by atoms with van der Waals surface area (Å²) in [4.78, 5) is 11.4. The molecule has 0 bridgehead atoms. The smallest absolute Gasteiger partial charge is 0.306 e. The maximum absolute atomic E-state index is 11.4. The number of hydrogen-bond acceptors (Lipinski definition) is 3. The van der Waals surface area contributed by atoms with Crippen molar-refractivity contribution in [1.82, 2.24) is 0 Å². The SMILES string of the molecule is CCOC(=O)C[C@H]1C[C@@H](C)[C@H](O)C1(C)C. The summed E-state index contributed by atoms with van der Waals surface area (Å²) < 4.78 is 4.95. The molecule has 1 aliphatic carbocycles. The highest BCUT2D eigenvalue weighted by Crippen LogP contribution is 2.47. The molecule has 0 radical (unpaired) electrons. The summed E-state index contributed by atoms with van der Waals surface area (Å²) in [7, 11) is 0. The van der Waals surface area contributed by atoms with Crippen LogP contribution in [0.4, 0.5) is 0 Å². The number of carbonyl (C=O) groups is 1. The predicted molar refractivity (Wildman–Crippen MR) is 58.3 cm³/mol. The number of esters is 1. The lowest BCUT2D eigenvalue weighted by Gasteiger charge is -2.30. The number of aliphatic hydroxyl groups excluding tert-OH is 1. The molecule has 3 heteroatoms. The van der Waals surface area contributed by atoms with Gasteiger partial charge in [0.2, 0.25) is 0 Å². The molecule has 88 valence electrons. The Balaban J connectivity index is 2.60. The summed E-state index contributed by atoms with van der Waals surface area (Å²) in [6.45, 7) is 8.35. The van der Waals surface area contributed by atoms with Crippen molar-refractivity contribution in [3.63, 3.8) is 0 Å². The topological polar surface area (TPSA) is 46.5 Å². The molecule has 15 heavy (non-hydrogen) atoms. The summed E-state index contributed by atoms with van der Waals surface area (Å²) in [6, 6.07) is 0. The predicted octanol–water partition coefficient (Wildman–Crippen LogP) is 1.98.